The van der Waals surface area contributed by atoms with E-state index in [2.05, 4.69) is 20.2 Å². The number of nitrogens with one attached hydrogen (secondary N) is 2. The average Bonchev–Trinajstić information content (AvgIpc) is 3.28. The van der Waals surface area contributed by atoms with Crippen molar-refractivity contribution in [2.75, 3.05) is 32.1 Å². The molecule has 1 aliphatic heterocycles. The van der Waals surface area contributed by atoms with Crippen LogP contribution in [0.5, 0.6) is 0 Å². The van der Waals surface area contributed by atoms with Gasteiger partial charge in [0.25, 0.3) is 0 Å². The van der Waals surface area contributed by atoms with Gasteiger partial charge in [-0.2, -0.15) is 0 Å². The molecule has 1 aliphatic rings. The molecule has 0 radical (unpaired) electrons. The topological polar surface area (TPSA) is 119 Å². The Bertz CT molecular complexity index is 829. The molecule has 4 N–H and O–H groups in total. The van der Waals surface area contributed by atoms with E-state index in [9.17, 15) is 9.59 Å². The van der Waals surface area contributed by atoms with Crippen LogP contribution in [0.1, 0.15) is 56.9 Å². The number of halogens is 1. The lowest BCUT2D eigenvalue weighted by Crippen LogP contribution is -2.41. The van der Waals surface area contributed by atoms with E-state index in [4.69, 9.17) is 21.8 Å². The summed E-state index contributed by atoms with van der Waals surface area (Å²) in [5.74, 6) is -0.935. The van der Waals surface area contributed by atoms with Gasteiger partial charge in [0.05, 0.1) is 10.7 Å². The van der Waals surface area contributed by atoms with Crippen LogP contribution in [0.25, 0.3) is 0 Å². The van der Waals surface area contributed by atoms with Crippen molar-refractivity contribution in [1.29, 1.82) is 0 Å². The van der Waals surface area contributed by atoms with Gasteiger partial charge in [-0.25, -0.2) is 9.78 Å². The van der Waals surface area contributed by atoms with Crippen LogP contribution in [-0.4, -0.2) is 65.7 Å². The lowest BCUT2D eigenvalue weighted by molar-refractivity contribution is 0.0690. The van der Waals surface area contributed by atoms with Gasteiger partial charge in [-0.1, -0.05) is 18.5 Å². The minimum absolute atomic E-state index is 0.195. The van der Waals surface area contributed by atoms with Crippen LogP contribution < -0.4 is 10.2 Å². The summed E-state index contributed by atoms with van der Waals surface area (Å²) in [6, 6.07) is 0.575. The van der Waals surface area contributed by atoms with E-state index in [0.29, 0.717) is 16.8 Å². The Kier molecular flexibility index (Phi) is 11.0. The number of aromatic nitrogens is 2. The summed E-state index contributed by atoms with van der Waals surface area (Å²) in [5.41, 5.74) is 2.70. The summed E-state index contributed by atoms with van der Waals surface area (Å²) in [6.07, 6.45) is 3.76. The number of aromatic carboxylic acids is 1. The van der Waals surface area contributed by atoms with Crippen molar-refractivity contribution in [2.24, 2.45) is 0 Å². The number of aliphatic hydroxyl groups is 1. The van der Waals surface area contributed by atoms with Crippen LogP contribution in [0.15, 0.2) is 0 Å². The van der Waals surface area contributed by atoms with Gasteiger partial charge >= 0.3 is 5.97 Å². The number of piperidine rings is 1. The molecule has 0 unspecified atom stereocenters. The molecule has 0 saturated carbocycles. The van der Waals surface area contributed by atoms with Gasteiger partial charge in [0.2, 0.25) is 0 Å². The highest BCUT2D eigenvalue weighted by atomic mass is 35.5. The van der Waals surface area contributed by atoms with Crippen LogP contribution >= 0.6 is 22.9 Å². The van der Waals surface area contributed by atoms with E-state index in [1.54, 1.807) is 0 Å². The van der Waals surface area contributed by atoms with E-state index < -0.39 is 5.97 Å². The number of hydrogen-bond donors (Lipinski definition) is 4. The predicted octanol–water partition coefficient (Wildman–Crippen LogP) is 3.30. The highest BCUT2D eigenvalue weighted by Crippen LogP contribution is 2.28. The van der Waals surface area contributed by atoms with Crippen molar-refractivity contribution < 1.29 is 19.8 Å². The van der Waals surface area contributed by atoms with Gasteiger partial charge in [0.1, 0.15) is 0 Å². The Morgan fingerprint density at radius 2 is 1.97 bits per heavy atom. The first-order valence-corrected chi connectivity index (χ1v) is 10.9. The molecular formula is C20H31ClN4O4S. The molecule has 1 fully saturated rings. The van der Waals surface area contributed by atoms with Gasteiger partial charge in [0.15, 0.2) is 17.1 Å². The van der Waals surface area contributed by atoms with E-state index in [1.165, 1.54) is 11.3 Å². The molecule has 8 nitrogen and oxygen atoms in total. The van der Waals surface area contributed by atoms with Crippen LogP contribution in [0.4, 0.5) is 5.13 Å². The fraction of sp³-hybridized carbons (Fsp3) is 0.550. The van der Waals surface area contributed by atoms with E-state index >= 15 is 0 Å². The number of carboxylic acid groups (broad SMARTS) is 1. The zero-order valence-electron chi connectivity index (χ0n) is 18.1. The number of carbonyl (C=O) groups excluding carboxylic acids is 1. The Morgan fingerprint density at radius 3 is 2.33 bits per heavy atom. The number of nitrogens with zero attached hydrogens (tertiary/aromatic N) is 2. The van der Waals surface area contributed by atoms with Crippen LogP contribution in [-0.2, 0) is 6.42 Å². The van der Waals surface area contributed by atoms with Crippen LogP contribution in [0.3, 0.4) is 0 Å². The number of aryl methyl sites for hydroxylation is 2. The smallest absolute Gasteiger partial charge is 0.355 e. The van der Waals surface area contributed by atoms with Gasteiger partial charge < -0.3 is 25.4 Å². The lowest BCUT2D eigenvalue weighted by Gasteiger charge is -2.31. The van der Waals surface area contributed by atoms with Crippen molar-refractivity contribution >= 4 is 40.3 Å². The highest BCUT2D eigenvalue weighted by Gasteiger charge is 2.22. The zero-order chi connectivity index (χ0) is 22.8. The summed E-state index contributed by atoms with van der Waals surface area (Å²) >= 11 is 7.34. The normalized spacial score (nSPS) is 13.8. The molecule has 3 heterocycles. The molecular weight excluding hydrogens is 428 g/mol. The molecule has 3 rings (SSSR count). The van der Waals surface area contributed by atoms with Crippen molar-refractivity contribution in [3.05, 3.63) is 32.5 Å². The summed E-state index contributed by atoms with van der Waals surface area (Å²) in [4.78, 5) is 31.4. The fourth-order valence-electron chi connectivity index (χ4n) is 3.24. The number of hydrogen-bond acceptors (Lipinski definition) is 7. The minimum Gasteiger partial charge on any atom is -0.476 e. The second kappa shape index (κ2) is 12.7. The van der Waals surface area contributed by atoms with E-state index in [-0.39, 0.29) is 5.69 Å². The minimum atomic E-state index is -0.935. The van der Waals surface area contributed by atoms with Crippen molar-refractivity contribution in [1.82, 2.24) is 15.3 Å². The monoisotopic (exact) mass is 458 g/mol. The number of aliphatic hydroxyl groups excluding tert-OH is 1. The number of thiazole rings is 1. The largest absolute Gasteiger partial charge is 0.476 e. The molecule has 2 aromatic heterocycles. The number of carboxylic acids is 1. The number of anilines is 1. The van der Waals surface area contributed by atoms with Crippen LogP contribution in [0.2, 0.25) is 5.02 Å². The molecule has 168 valence electrons. The van der Waals surface area contributed by atoms with Crippen LogP contribution in [0, 0.1) is 13.8 Å². The summed E-state index contributed by atoms with van der Waals surface area (Å²) in [6.45, 7) is 7.62. The van der Waals surface area contributed by atoms with Gasteiger partial charge in [0, 0.05) is 36.8 Å². The third-order valence-corrected chi connectivity index (χ3v) is 6.37. The molecule has 1 saturated heterocycles. The van der Waals surface area contributed by atoms with E-state index in [0.717, 1.165) is 67.0 Å². The van der Waals surface area contributed by atoms with Gasteiger partial charge in [-0.05, 0) is 45.7 Å². The molecule has 0 bridgehead atoms. The zero-order valence-corrected chi connectivity index (χ0v) is 19.7. The SMILES string of the molecule is CCc1c(C)[nH]c(C=O)c1Cl.CNC1CCN(c2nc(C(=O)O)c(C)s2)CC1.CO. The Labute approximate surface area is 186 Å². The molecule has 30 heavy (non-hydrogen) atoms. The second-order valence-corrected chi connectivity index (χ2v) is 8.24. The van der Waals surface area contributed by atoms with Crippen molar-refractivity contribution in [3.63, 3.8) is 0 Å². The number of aldehydes is 1. The Morgan fingerprint density at radius 1 is 1.37 bits per heavy atom. The molecule has 2 aromatic rings. The second-order valence-electron chi connectivity index (χ2n) is 6.68. The van der Waals surface area contributed by atoms with Crippen molar-refractivity contribution in [2.45, 2.75) is 46.1 Å². The first-order chi connectivity index (χ1) is 14.3. The Hall–Kier alpha value is -1.94. The standard InChI is InChI=1S/C11H17N3O2S.C8H10ClNO.CH4O/c1-7-9(10(15)16)13-11(17-7)14-5-3-8(12-2)4-6-14;1-3-6-5(2)10-7(4-11)8(6)9;1-2/h8,12H,3-6H2,1-2H3,(H,15,16);4,10H,3H2,1-2H3;2H,1H3. The molecule has 10 heteroatoms. The lowest BCUT2D eigenvalue weighted by atomic mass is 10.1. The van der Waals surface area contributed by atoms with Gasteiger partial charge in [-0.3, -0.25) is 4.79 Å². The molecule has 0 amide bonds. The van der Waals surface area contributed by atoms with E-state index in [1.807, 2.05) is 27.8 Å². The fourth-order valence-corrected chi connectivity index (χ4v) is 4.56. The first-order valence-electron chi connectivity index (χ1n) is 9.72. The number of aromatic amines is 1. The van der Waals surface area contributed by atoms with Crippen molar-refractivity contribution in [3.8, 4) is 0 Å². The third-order valence-electron chi connectivity index (χ3n) is 4.91. The summed E-state index contributed by atoms with van der Waals surface area (Å²) in [7, 11) is 2.98. The molecule has 0 aliphatic carbocycles. The number of rotatable bonds is 5. The maximum absolute atomic E-state index is 10.9. The Balaban J connectivity index is 0.000000300. The predicted molar refractivity (Wildman–Crippen MR) is 122 cm³/mol. The molecule has 0 atom stereocenters. The maximum atomic E-state index is 10.9. The summed E-state index contributed by atoms with van der Waals surface area (Å²) in [5, 5.41) is 20.7. The molecule has 0 spiro atoms. The highest BCUT2D eigenvalue weighted by molar-refractivity contribution is 7.15. The quantitative estimate of drug-likeness (QED) is 0.507. The number of carbonyl (C=O) groups is 2. The molecule has 0 aromatic carbocycles. The maximum Gasteiger partial charge on any atom is 0.355 e. The first kappa shape index (κ1) is 26.1. The number of H-pyrrole nitrogens is 1. The average molecular weight is 459 g/mol. The summed E-state index contributed by atoms with van der Waals surface area (Å²) < 4.78 is 0. The van der Waals surface area contributed by atoms with Gasteiger partial charge in [-0.15, -0.1) is 11.3 Å². The third kappa shape index (κ3) is 6.53.